The van der Waals surface area contributed by atoms with Gasteiger partial charge in [0.1, 0.15) is 0 Å². The topological polar surface area (TPSA) is 23.9 Å². The van der Waals surface area contributed by atoms with Gasteiger partial charge in [-0.3, -0.25) is 5.41 Å². The van der Waals surface area contributed by atoms with Gasteiger partial charge < -0.3 is 0 Å². The van der Waals surface area contributed by atoms with Crippen LogP contribution in [-0.4, -0.2) is 5.71 Å². The highest BCUT2D eigenvalue weighted by Gasteiger charge is 2.07. The van der Waals surface area contributed by atoms with Gasteiger partial charge in [-0.25, -0.2) is 0 Å². The van der Waals surface area contributed by atoms with Crippen LogP contribution in [0.3, 0.4) is 0 Å². The molecule has 82 valence electrons. The number of fused-ring (bicyclic) bond motifs is 1. The monoisotopic (exact) mass is 237 g/mol. The minimum Gasteiger partial charge on any atom is -0.299 e. The number of rotatable bonds is 2. The van der Waals surface area contributed by atoms with Crippen molar-refractivity contribution < 1.29 is 0 Å². The van der Waals surface area contributed by atoms with E-state index < -0.39 is 0 Å². The van der Waals surface area contributed by atoms with Crippen molar-refractivity contribution >= 4 is 27.1 Å². The van der Waals surface area contributed by atoms with Crippen LogP contribution in [-0.2, 0) is 0 Å². The molecule has 0 amide bonds. The van der Waals surface area contributed by atoms with Crippen LogP contribution in [0.1, 0.15) is 10.4 Å². The van der Waals surface area contributed by atoms with E-state index >= 15 is 0 Å². The fraction of sp³-hybridized carbons (Fsp3) is 0. The molecule has 0 atom stereocenters. The zero-order valence-corrected chi connectivity index (χ0v) is 10.00. The van der Waals surface area contributed by atoms with Crippen molar-refractivity contribution in [3.8, 4) is 0 Å². The molecule has 1 aromatic heterocycles. The SMILES string of the molecule is N=C(c1ccccc1)c1cc2ccccc2s1. The first-order valence-corrected chi connectivity index (χ1v) is 6.29. The average Bonchev–Trinajstić information content (AvgIpc) is 2.82. The van der Waals surface area contributed by atoms with E-state index in [1.807, 2.05) is 42.5 Å². The van der Waals surface area contributed by atoms with E-state index in [1.54, 1.807) is 11.3 Å². The summed E-state index contributed by atoms with van der Waals surface area (Å²) in [5.41, 5.74) is 1.57. The smallest absolute Gasteiger partial charge is 0.0784 e. The third-order valence-electron chi connectivity index (χ3n) is 2.73. The fourth-order valence-electron chi connectivity index (χ4n) is 1.85. The Kier molecular flexibility index (Phi) is 2.50. The molecule has 3 aromatic rings. The number of thiophene rings is 1. The molecule has 0 aliphatic rings. The van der Waals surface area contributed by atoms with Crippen LogP contribution in [0, 0.1) is 5.41 Å². The van der Waals surface area contributed by atoms with Gasteiger partial charge in [0.15, 0.2) is 0 Å². The first-order valence-electron chi connectivity index (χ1n) is 5.47. The van der Waals surface area contributed by atoms with E-state index in [4.69, 9.17) is 5.41 Å². The van der Waals surface area contributed by atoms with E-state index in [0.717, 1.165) is 10.4 Å². The Hall–Kier alpha value is -1.93. The minimum atomic E-state index is 0.604. The number of benzene rings is 2. The molecule has 0 saturated heterocycles. The summed E-state index contributed by atoms with van der Waals surface area (Å²) in [4.78, 5) is 1.03. The summed E-state index contributed by atoms with van der Waals surface area (Å²) >= 11 is 1.68. The van der Waals surface area contributed by atoms with E-state index in [2.05, 4.69) is 18.2 Å². The van der Waals surface area contributed by atoms with Crippen LogP contribution >= 0.6 is 11.3 Å². The lowest BCUT2D eigenvalue weighted by Gasteiger charge is -1.99. The predicted molar refractivity (Wildman–Crippen MR) is 74.2 cm³/mol. The van der Waals surface area contributed by atoms with Crippen LogP contribution in [0.4, 0.5) is 0 Å². The summed E-state index contributed by atoms with van der Waals surface area (Å²) in [5, 5.41) is 9.43. The van der Waals surface area contributed by atoms with Crippen molar-refractivity contribution in [3.05, 3.63) is 71.1 Å². The molecule has 2 aromatic carbocycles. The molecular weight excluding hydrogens is 226 g/mol. The van der Waals surface area contributed by atoms with Crippen LogP contribution in [0.15, 0.2) is 60.7 Å². The molecule has 0 radical (unpaired) electrons. The first-order chi connectivity index (χ1) is 8.34. The molecular formula is C15H11NS. The third kappa shape index (κ3) is 1.87. The van der Waals surface area contributed by atoms with Crippen LogP contribution < -0.4 is 0 Å². The maximum Gasteiger partial charge on any atom is 0.0784 e. The second-order valence-corrected chi connectivity index (χ2v) is 4.97. The van der Waals surface area contributed by atoms with E-state index in [1.165, 1.54) is 10.1 Å². The van der Waals surface area contributed by atoms with Crippen molar-refractivity contribution in [2.75, 3.05) is 0 Å². The molecule has 17 heavy (non-hydrogen) atoms. The maximum absolute atomic E-state index is 8.21. The molecule has 0 bridgehead atoms. The normalized spacial score (nSPS) is 10.6. The Morgan fingerprint density at radius 1 is 0.882 bits per heavy atom. The van der Waals surface area contributed by atoms with E-state index in [0.29, 0.717) is 5.71 Å². The summed E-state index contributed by atoms with van der Waals surface area (Å²) in [6.07, 6.45) is 0. The highest BCUT2D eigenvalue weighted by Crippen LogP contribution is 2.26. The minimum absolute atomic E-state index is 0.604. The Bertz CT molecular complexity index is 634. The van der Waals surface area contributed by atoms with Crippen molar-refractivity contribution in [2.45, 2.75) is 0 Å². The predicted octanol–water partition coefficient (Wildman–Crippen LogP) is 4.32. The molecule has 0 unspecified atom stereocenters. The van der Waals surface area contributed by atoms with Gasteiger partial charge in [0, 0.05) is 10.3 Å². The lowest BCUT2D eigenvalue weighted by atomic mass is 10.1. The number of hydrogen-bond donors (Lipinski definition) is 1. The molecule has 1 heterocycles. The van der Waals surface area contributed by atoms with Crippen molar-refractivity contribution in [2.24, 2.45) is 0 Å². The van der Waals surface area contributed by atoms with Crippen molar-refractivity contribution in [3.63, 3.8) is 0 Å². The number of nitrogens with one attached hydrogen (secondary N) is 1. The van der Waals surface area contributed by atoms with Crippen LogP contribution in [0.5, 0.6) is 0 Å². The Morgan fingerprint density at radius 2 is 1.59 bits per heavy atom. The molecule has 0 aliphatic heterocycles. The summed E-state index contributed by atoms with van der Waals surface area (Å²) < 4.78 is 1.24. The van der Waals surface area contributed by atoms with Gasteiger partial charge in [0.05, 0.1) is 10.6 Å². The highest BCUT2D eigenvalue weighted by molar-refractivity contribution is 7.21. The molecule has 3 rings (SSSR count). The molecule has 2 heteroatoms. The molecule has 0 aliphatic carbocycles. The van der Waals surface area contributed by atoms with Crippen LogP contribution in [0.25, 0.3) is 10.1 Å². The van der Waals surface area contributed by atoms with E-state index in [9.17, 15) is 0 Å². The molecule has 1 N–H and O–H groups in total. The highest BCUT2D eigenvalue weighted by atomic mass is 32.1. The average molecular weight is 237 g/mol. The molecule has 0 saturated carbocycles. The lowest BCUT2D eigenvalue weighted by molar-refractivity contribution is 1.48. The summed E-state index contributed by atoms with van der Waals surface area (Å²) in [6.45, 7) is 0. The summed E-state index contributed by atoms with van der Waals surface area (Å²) in [5.74, 6) is 0. The fourth-order valence-corrected chi connectivity index (χ4v) is 2.89. The quantitative estimate of drug-likeness (QED) is 0.642. The Labute approximate surface area is 104 Å². The zero-order valence-electron chi connectivity index (χ0n) is 9.18. The van der Waals surface area contributed by atoms with Crippen molar-refractivity contribution in [1.82, 2.24) is 0 Å². The third-order valence-corrected chi connectivity index (χ3v) is 3.87. The number of hydrogen-bond acceptors (Lipinski definition) is 2. The second kappa shape index (κ2) is 4.15. The van der Waals surface area contributed by atoms with Crippen molar-refractivity contribution in [1.29, 1.82) is 5.41 Å². The first kappa shape index (κ1) is 10.2. The lowest BCUT2D eigenvalue weighted by Crippen LogP contribution is -1.97. The zero-order chi connectivity index (χ0) is 11.7. The summed E-state index contributed by atoms with van der Waals surface area (Å²) in [6, 6.07) is 20.2. The molecule has 0 spiro atoms. The van der Waals surface area contributed by atoms with E-state index in [-0.39, 0.29) is 0 Å². The maximum atomic E-state index is 8.21. The Balaban J connectivity index is 2.07. The van der Waals surface area contributed by atoms with Crippen LogP contribution in [0.2, 0.25) is 0 Å². The van der Waals surface area contributed by atoms with Gasteiger partial charge in [0.2, 0.25) is 0 Å². The van der Waals surface area contributed by atoms with Gasteiger partial charge in [-0.15, -0.1) is 11.3 Å². The molecule has 1 nitrogen and oxygen atoms in total. The molecule has 0 fully saturated rings. The standard InChI is InChI=1S/C15H11NS/c16-15(11-6-2-1-3-7-11)14-10-12-8-4-5-9-13(12)17-14/h1-10,16H. The van der Waals surface area contributed by atoms with Gasteiger partial charge >= 0.3 is 0 Å². The van der Waals surface area contributed by atoms with Gasteiger partial charge in [-0.2, -0.15) is 0 Å². The largest absolute Gasteiger partial charge is 0.299 e. The van der Waals surface area contributed by atoms with Gasteiger partial charge in [-0.1, -0.05) is 48.5 Å². The second-order valence-electron chi connectivity index (χ2n) is 3.89. The summed E-state index contributed by atoms with van der Waals surface area (Å²) in [7, 11) is 0. The van der Waals surface area contributed by atoms with Gasteiger partial charge in [0.25, 0.3) is 0 Å². The Morgan fingerprint density at radius 3 is 2.35 bits per heavy atom. The van der Waals surface area contributed by atoms with Gasteiger partial charge in [-0.05, 0) is 17.5 Å².